The summed E-state index contributed by atoms with van der Waals surface area (Å²) in [6, 6.07) is 18.6. The fourth-order valence-corrected chi connectivity index (χ4v) is 4.20. The molecule has 0 radical (unpaired) electrons. The van der Waals surface area contributed by atoms with Crippen LogP contribution in [0.2, 0.25) is 0 Å². The van der Waals surface area contributed by atoms with Gasteiger partial charge in [0.25, 0.3) is 0 Å². The van der Waals surface area contributed by atoms with E-state index in [2.05, 4.69) is 58.6 Å². The number of carbonyl (C=O) groups is 1. The normalized spacial score (nSPS) is 22.0. The molecule has 0 spiro atoms. The van der Waals surface area contributed by atoms with Gasteiger partial charge in [-0.1, -0.05) is 54.6 Å². The van der Waals surface area contributed by atoms with E-state index in [4.69, 9.17) is 0 Å². The lowest BCUT2D eigenvalue weighted by Crippen LogP contribution is -2.50. The van der Waals surface area contributed by atoms with Gasteiger partial charge in [-0.05, 0) is 36.6 Å². The van der Waals surface area contributed by atoms with Gasteiger partial charge in [-0.3, -0.25) is 9.69 Å². The quantitative estimate of drug-likeness (QED) is 0.922. The number of amides is 1. The average Bonchev–Trinajstić information content (AvgIpc) is 3.07. The molecule has 1 aliphatic carbocycles. The van der Waals surface area contributed by atoms with Crippen LogP contribution in [0.5, 0.6) is 0 Å². The highest BCUT2D eigenvalue weighted by Gasteiger charge is 2.32. The van der Waals surface area contributed by atoms with Crippen LogP contribution in [0.3, 0.4) is 0 Å². The van der Waals surface area contributed by atoms with Crippen LogP contribution in [0.4, 0.5) is 0 Å². The minimum atomic E-state index is -0.210. The number of rotatable bonds is 4. The Balaban J connectivity index is 1.55. The minimum Gasteiger partial charge on any atom is -0.348 e. The third-order valence-corrected chi connectivity index (χ3v) is 5.72. The second kappa shape index (κ2) is 7.60. The molecule has 0 aromatic heterocycles. The molecule has 1 fully saturated rings. The lowest BCUT2D eigenvalue weighted by atomic mass is 10.0. The second-order valence-corrected chi connectivity index (χ2v) is 7.45. The summed E-state index contributed by atoms with van der Waals surface area (Å²) in [5, 5.41) is 3.35. The van der Waals surface area contributed by atoms with Crippen LogP contribution >= 0.6 is 0 Å². The SMILES string of the molecule is CN1CCN(C(C(=O)N[C@@H]2CCc3ccccc32)c2ccccc2)CC1. The van der Waals surface area contributed by atoms with Crippen LogP contribution in [-0.4, -0.2) is 48.9 Å². The molecule has 1 amide bonds. The molecule has 2 aromatic rings. The van der Waals surface area contributed by atoms with Crippen molar-refractivity contribution in [3.8, 4) is 0 Å². The fraction of sp³-hybridized carbons (Fsp3) is 0.409. The van der Waals surface area contributed by atoms with Gasteiger partial charge in [-0.15, -0.1) is 0 Å². The molecule has 4 nitrogen and oxygen atoms in total. The van der Waals surface area contributed by atoms with Crippen LogP contribution < -0.4 is 5.32 Å². The number of hydrogen-bond donors (Lipinski definition) is 1. The number of carbonyl (C=O) groups excluding carboxylic acids is 1. The Hall–Kier alpha value is -2.17. The van der Waals surface area contributed by atoms with Crippen LogP contribution in [-0.2, 0) is 11.2 Å². The van der Waals surface area contributed by atoms with Crippen LogP contribution in [0.15, 0.2) is 54.6 Å². The van der Waals surface area contributed by atoms with E-state index in [-0.39, 0.29) is 18.0 Å². The second-order valence-electron chi connectivity index (χ2n) is 7.45. The maximum Gasteiger partial charge on any atom is 0.242 e. The largest absolute Gasteiger partial charge is 0.348 e. The summed E-state index contributed by atoms with van der Waals surface area (Å²) >= 11 is 0. The Kier molecular flexibility index (Phi) is 5.05. The van der Waals surface area contributed by atoms with Crippen molar-refractivity contribution in [2.75, 3.05) is 33.2 Å². The van der Waals surface area contributed by atoms with Crippen molar-refractivity contribution < 1.29 is 4.79 Å². The number of piperazine rings is 1. The van der Waals surface area contributed by atoms with Crippen LogP contribution in [0.25, 0.3) is 0 Å². The van der Waals surface area contributed by atoms with Crippen molar-refractivity contribution in [1.29, 1.82) is 0 Å². The van der Waals surface area contributed by atoms with Gasteiger partial charge < -0.3 is 10.2 Å². The molecular formula is C22H27N3O. The number of nitrogens with one attached hydrogen (secondary N) is 1. The first-order chi connectivity index (χ1) is 12.7. The van der Waals surface area contributed by atoms with Gasteiger partial charge in [-0.2, -0.15) is 0 Å². The molecule has 1 N–H and O–H groups in total. The summed E-state index contributed by atoms with van der Waals surface area (Å²) < 4.78 is 0. The standard InChI is InChI=1S/C22H27N3O/c1-24-13-15-25(16-14-24)21(18-8-3-2-4-9-18)22(26)23-20-12-11-17-7-5-6-10-19(17)20/h2-10,20-21H,11-16H2,1H3,(H,23,26)/t20-,21?/m1/s1. The van der Waals surface area contributed by atoms with E-state index in [9.17, 15) is 4.79 Å². The molecule has 4 rings (SSSR count). The summed E-state index contributed by atoms with van der Waals surface area (Å²) in [4.78, 5) is 18.0. The smallest absolute Gasteiger partial charge is 0.242 e. The predicted molar refractivity (Wildman–Crippen MR) is 104 cm³/mol. The Morgan fingerprint density at radius 1 is 1.00 bits per heavy atom. The Morgan fingerprint density at radius 2 is 1.69 bits per heavy atom. The van der Waals surface area contributed by atoms with E-state index >= 15 is 0 Å². The van der Waals surface area contributed by atoms with Crippen molar-refractivity contribution in [1.82, 2.24) is 15.1 Å². The molecule has 2 aliphatic rings. The fourth-order valence-electron chi connectivity index (χ4n) is 4.20. The minimum absolute atomic E-state index is 0.127. The number of nitrogens with zero attached hydrogens (tertiary/aromatic N) is 2. The molecule has 1 aliphatic heterocycles. The molecule has 4 heteroatoms. The van der Waals surface area contributed by atoms with Gasteiger partial charge in [0.15, 0.2) is 0 Å². The van der Waals surface area contributed by atoms with Gasteiger partial charge >= 0.3 is 0 Å². The number of hydrogen-bond acceptors (Lipinski definition) is 3. The zero-order chi connectivity index (χ0) is 17.9. The molecule has 0 bridgehead atoms. The molecule has 1 saturated heterocycles. The third-order valence-electron chi connectivity index (χ3n) is 5.72. The van der Waals surface area contributed by atoms with Gasteiger partial charge in [0, 0.05) is 26.2 Å². The molecular weight excluding hydrogens is 322 g/mol. The van der Waals surface area contributed by atoms with E-state index < -0.39 is 0 Å². The molecule has 26 heavy (non-hydrogen) atoms. The molecule has 136 valence electrons. The van der Waals surface area contributed by atoms with E-state index in [0.29, 0.717) is 0 Å². The summed E-state index contributed by atoms with van der Waals surface area (Å²) in [7, 11) is 2.14. The maximum absolute atomic E-state index is 13.3. The number of aryl methyl sites for hydroxylation is 1. The van der Waals surface area contributed by atoms with Crippen LogP contribution in [0.1, 0.15) is 35.2 Å². The van der Waals surface area contributed by atoms with Crippen molar-refractivity contribution in [3.63, 3.8) is 0 Å². The Labute approximate surface area is 155 Å². The van der Waals surface area contributed by atoms with Crippen molar-refractivity contribution in [3.05, 3.63) is 71.3 Å². The average molecular weight is 349 g/mol. The third kappa shape index (κ3) is 3.53. The summed E-state index contributed by atoms with van der Waals surface area (Å²) in [5.74, 6) is 0.127. The summed E-state index contributed by atoms with van der Waals surface area (Å²) in [5.41, 5.74) is 3.74. The number of fused-ring (bicyclic) bond motifs is 1. The Bertz CT molecular complexity index is 753. The van der Waals surface area contributed by atoms with Crippen molar-refractivity contribution in [2.45, 2.75) is 24.9 Å². The first-order valence-corrected chi connectivity index (χ1v) is 9.58. The number of benzene rings is 2. The summed E-state index contributed by atoms with van der Waals surface area (Å²) in [6.07, 6.45) is 2.04. The molecule has 2 atom stereocenters. The van der Waals surface area contributed by atoms with Gasteiger partial charge in [-0.25, -0.2) is 0 Å². The van der Waals surface area contributed by atoms with E-state index in [1.165, 1.54) is 11.1 Å². The molecule has 0 saturated carbocycles. The first-order valence-electron chi connectivity index (χ1n) is 9.58. The lowest BCUT2D eigenvalue weighted by Gasteiger charge is -2.37. The monoisotopic (exact) mass is 349 g/mol. The van der Waals surface area contributed by atoms with Crippen molar-refractivity contribution in [2.24, 2.45) is 0 Å². The first kappa shape index (κ1) is 17.3. The summed E-state index contributed by atoms with van der Waals surface area (Å²) in [6.45, 7) is 3.85. The zero-order valence-electron chi connectivity index (χ0n) is 15.4. The Morgan fingerprint density at radius 3 is 2.46 bits per heavy atom. The highest BCUT2D eigenvalue weighted by molar-refractivity contribution is 5.83. The predicted octanol–water partition coefficient (Wildman–Crippen LogP) is 2.78. The zero-order valence-corrected chi connectivity index (χ0v) is 15.4. The molecule has 1 heterocycles. The van der Waals surface area contributed by atoms with E-state index in [1.54, 1.807) is 0 Å². The van der Waals surface area contributed by atoms with Gasteiger partial charge in [0.05, 0.1) is 6.04 Å². The van der Waals surface area contributed by atoms with Crippen LogP contribution in [0, 0.1) is 0 Å². The highest BCUT2D eigenvalue weighted by atomic mass is 16.2. The lowest BCUT2D eigenvalue weighted by molar-refractivity contribution is -0.128. The topological polar surface area (TPSA) is 35.6 Å². The molecule has 1 unspecified atom stereocenters. The van der Waals surface area contributed by atoms with E-state index in [1.807, 2.05) is 18.2 Å². The van der Waals surface area contributed by atoms with Gasteiger partial charge in [0.1, 0.15) is 6.04 Å². The molecule has 2 aromatic carbocycles. The highest BCUT2D eigenvalue weighted by Crippen LogP contribution is 2.32. The number of likely N-dealkylation sites (N-methyl/N-ethyl adjacent to an activating group) is 1. The van der Waals surface area contributed by atoms with Crippen molar-refractivity contribution >= 4 is 5.91 Å². The maximum atomic E-state index is 13.3. The van der Waals surface area contributed by atoms with E-state index in [0.717, 1.165) is 44.6 Å². The van der Waals surface area contributed by atoms with Gasteiger partial charge in [0.2, 0.25) is 5.91 Å².